The van der Waals surface area contributed by atoms with Crippen LogP contribution < -0.4 is 10.5 Å². The topological polar surface area (TPSA) is 35.2 Å². The molecule has 0 amide bonds. The van der Waals surface area contributed by atoms with Crippen LogP contribution in [0.2, 0.25) is 0 Å². The van der Waals surface area contributed by atoms with Crippen LogP contribution in [0, 0.1) is 17.5 Å². The van der Waals surface area contributed by atoms with Crippen LogP contribution in [0.25, 0.3) is 0 Å². The summed E-state index contributed by atoms with van der Waals surface area (Å²) in [6, 6.07) is 5.66. The van der Waals surface area contributed by atoms with Gasteiger partial charge in [0.15, 0.2) is 11.6 Å². The van der Waals surface area contributed by atoms with Gasteiger partial charge >= 0.3 is 0 Å². The van der Waals surface area contributed by atoms with E-state index in [9.17, 15) is 13.2 Å². The molecule has 2 aromatic rings. The van der Waals surface area contributed by atoms with E-state index in [-0.39, 0.29) is 17.1 Å². The summed E-state index contributed by atoms with van der Waals surface area (Å²) in [7, 11) is 0. The van der Waals surface area contributed by atoms with Crippen molar-refractivity contribution in [1.29, 1.82) is 0 Å². The summed E-state index contributed by atoms with van der Waals surface area (Å²) in [4.78, 5) is 0. The molecule has 0 aromatic heterocycles. The molecular formula is C14H11BrF3NO. The molecule has 0 fully saturated rings. The zero-order chi connectivity index (χ0) is 14.9. The second kappa shape index (κ2) is 5.85. The highest BCUT2D eigenvalue weighted by Gasteiger charge is 2.17. The molecule has 0 radical (unpaired) electrons. The average Bonchev–Trinajstić information content (AvgIpc) is 2.35. The number of nitrogens with two attached hydrogens (primary N) is 1. The number of benzene rings is 2. The van der Waals surface area contributed by atoms with Crippen LogP contribution in [0.15, 0.2) is 34.8 Å². The van der Waals surface area contributed by atoms with Gasteiger partial charge in [0.05, 0.1) is 0 Å². The summed E-state index contributed by atoms with van der Waals surface area (Å²) in [5.41, 5.74) is 5.77. The monoisotopic (exact) mass is 345 g/mol. The van der Waals surface area contributed by atoms with E-state index in [2.05, 4.69) is 15.9 Å². The maximum atomic E-state index is 13.7. The van der Waals surface area contributed by atoms with E-state index < -0.39 is 23.5 Å². The van der Waals surface area contributed by atoms with Gasteiger partial charge in [-0.2, -0.15) is 4.39 Å². The van der Waals surface area contributed by atoms with Crippen LogP contribution in [-0.2, 0) is 0 Å². The van der Waals surface area contributed by atoms with Crippen LogP contribution in [0.1, 0.15) is 18.5 Å². The molecule has 0 aliphatic carbocycles. The molecule has 6 heteroatoms. The van der Waals surface area contributed by atoms with Gasteiger partial charge in [0.2, 0.25) is 5.82 Å². The second-order valence-corrected chi connectivity index (χ2v) is 5.16. The summed E-state index contributed by atoms with van der Waals surface area (Å²) >= 11 is 3.04. The van der Waals surface area contributed by atoms with Gasteiger partial charge in [-0.1, -0.05) is 22.0 Å². The molecule has 2 nitrogen and oxygen atoms in total. The molecular weight excluding hydrogens is 335 g/mol. The number of rotatable bonds is 3. The summed E-state index contributed by atoms with van der Waals surface area (Å²) in [6.45, 7) is 1.57. The van der Waals surface area contributed by atoms with Gasteiger partial charge < -0.3 is 10.5 Å². The van der Waals surface area contributed by atoms with E-state index in [1.165, 1.54) is 24.3 Å². The first kappa shape index (κ1) is 14.9. The Bertz CT molecular complexity index is 647. The van der Waals surface area contributed by atoms with Crippen molar-refractivity contribution in [1.82, 2.24) is 0 Å². The predicted molar refractivity (Wildman–Crippen MR) is 73.1 cm³/mol. The fourth-order valence-electron chi connectivity index (χ4n) is 1.77. The lowest BCUT2D eigenvalue weighted by atomic mass is 10.1. The Hall–Kier alpha value is -1.53. The van der Waals surface area contributed by atoms with E-state index >= 15 is 0 Å². The molecule has 0 saturated heterocycles. The molecule has 2 aromatic carbocycles. The Morgan fingerprint density at radius 1 is 1.10 bits per heavy atom. The summed E-state index contributed by atoms with van der Waals surface area (Å²) in [5, 5.41) is 0. The van der Waals surface area contributed by atoms with Gasteiger partial charge in [0.25, 0.3) is 0 Å². The average molecular weight is 346 g/mol. The van der Waals surface area contributed by atoms with Gasteiger partial charge in [-0.05, 0) is 31.2 Å². The summed E-state index contributed by atoms with van der Waals surface area (Å²) in [5.74, 6) is -3.06. The molecule has 0 saturated carbocycles. The third-order valence-electron chi connectivity index (χ3n) is 2.65. The standard InChI is InChI=1S/C14H11BrF3NO/c1-7(19)13-9(16)3-2-4-11(13)20-12-6-8(15)5-10(17)14(12)18/h2-7H,19H2,1H3/t7-/m0/s1. The van der Waals surface area contributed by atoms with Crippen molar-refractivity contribution in [3.63, 3.8) is 0 Å². The van der Waals surface area contributed by atoms with Gasteiger partial charge in [0, 0.05) is 16.1 Å². The van der Waals surface area contributed by atoms with Crippen LogP contribution >= 0.6 is 15.9 Å². The van der Waals surface area contributed by atoms with Crippen LogP contribution in [0.5, 0.6) is 11.5 Å². The van der Waals surface area contributed by atoms with Gasteiger partial charge in [0.1, 0.15) is 11.6 Å². The van der Waals surface area contributed by atoms with Crippen LogP contribution in [-0.4, -0.2) is 0 Å². The van der Waals surface area contributed by atoms with Crippen LogP contribution in [0.4, 0.5) is 13.2 Å². The molecule has 2 rings (SSSR count). The Kier molecular flexibility index (Phi) is 4.35. The van der Waals surface area contributed by atoms with E-state index in [1.54, 1.807) is 6.92 Å². The minimum atomic E-state index is -1.15. The van der Waals surface area contributed by atoms with Crippen molar-refractivity contribution in [3.8, 4) is 11.5 Å². The Morgan fingerprint density at radius 3 is 2.45 bits per heavy atom. The molecule has 0 unspecified atom stereocenters. The molecule has 0 heterocycles. The second-order valence-electron chi connectivity index (χ2n) is 4.24. The predicted octanol–water partition coefficient (Wildman–Crippen LogP) is 4.68. The zero-order valence-electron chi connectivity index (χ0n) is 10.5. The molecule has 106 valence electrons. The van der Waals surface area contributed by atoms with Crippen molar-refractivity contribution in [2.75, 3.05) is 0 Å². The molecule has 0 spiro atoms. The quantitative estimate of drug-likeness (QED) is 0.819. The largest absolute Gasteiger partial charge is 0.454 e. The Morgan fingerprint density at radius 2 is 1.80 bits per heavy atom. The SMILES string of the molecule is C[C@H](N)c1c(F)cccc1Oc1cc(Br)cc(F)c1F. The lowest BCUT2D eigenvalue weighted by Crippen LogP contribution is -2.09. The van der Waals surface area contributed by atoms with Gasteiger partial charge in [-0.3, -0.25) is 0 Å². The smallest absolute Gasteiger partial charge is 0.201 e. The van der Waals surface area contributed by atoms with Crippen molar-refractivity contribution >= 4 is 15.9 Å². The fourth-order valence-corrected chi connectivity index (χ4v) is 2.18. The zero-order valence-corrected chi connectivity index (χ0v) is 12.0. The summed E-state index contributed by atoms with van der Waals surface area (Å²) in [6.07, 6.45) is 0. The third kappa shape index (κ3) is 2.96. The first-order valence-electron chi connectivity index (χ1n) is 5.76. The minimum Gasteiger partial charge on any atom is -0.454 e. The third-order valence-corrected chi connectivity index (χ3v) is 3.11. The van der Waals surface area contributed by atoms with E-state index in [0.717, 1.165) is 6.07 Å². The highest BCUT2D eigenvalue weighted by atomic mass is 79.9. The molecule has 20 heavy (non-hydrogen) atoms. The highest BCUT2D eigenvalue weighted by molar-refractivity contribution is 9.10. The van der Waals surface area contributed by atoms with E-state index in [4.69, 9.17) is 10.5 Å². The van der Waals surface area contributed by atoms with E-state index in [0.29, 0.717) is 4.47 Å². The maximum Gasteiger partial charge on any atom is 0.201 e. The first-order chi connectivity index (χ1) is 9.40. The Balaban J connectivity index is 2.48. The normalized spacial score (nSPS) is 12.3. The fraction of sp³-hybridized carbons (Fsp3) is 0.143. The number of hydrogen-bond acceptors (Lipinski definition) is 2. The molecule has 0 aliphatic rings. The maximum absolute atomic E-state index is 13.7. The minimum absolute atomic E-state index is 0.0522. The van der Waals surface area contributed by atoms with Gasteiger partial charge in [-0.15, -0.1) is 0 Å². The van der Waals surface area contributed by atoms with Crippen LogP contribution in [0.3, 0.4) is 0 Å². The Labute approximate surface area is 122 Å². The molecule has 0 bridgehead atoms. The molecule has 1 atom stereocenters. The van der Waals surface area contributed by atoms with Crippen molar-refractivity contribution in [3.05, 3.63) is 57.8 Å². The molecule has 2 N–H and O–H groups in total. The number of halogens is 4. The lowest BCUT2D eigenvalue weighted by Gasteiger charge is -2.15. The number of ether oxygens (including phenoxy) is 1. The molecule has 0 aliphatic heterocycles. The number of hydrogen-bond donors (Lipinski definition) is 1. The highest BCUT2D eigenvalue weighted by Crippen LogP contribution is 2.34. The van der Waals surface area contributed by atoms with Gasteiger partial charge in [-0.25, -0.2) is 8.78 Å². The first-order valence-corrected chi connectivity index (χ1v) is 6.56. The van der Waals surface area contributed by atoms with E-state index in [1.807, 2.05) is 0 Å². The van der Waals surface area contributed by atoms with Crippen molar-refractivity contribution in [2.24, 2.45) is 5.73 Å². The van der Waals surface area contributed by atoms with Crippen molar-refractivity contribution in [2.45, 2.75) is 13.0 Å². The van der Waals surface area contributed by atoms with Crippen molar-refractivity contribution < 1.29 is 17.9 Å². The lowest BCUT2D eigenvalue weighted by molar-refractivity contribution is 0.406. The summed E-state index contributed by atoms with van der Waals surface area (Å²) < 4.78 is 46.3.